The molecule has 0 saturated heterocycles. The number of carbonyl (C=O) groups excluding carboxylic acids is 2. The Morgan fingerprint density at radius 2 is 2.00 bits per heavy atom. The molecule has 152 valence electrons. The maximum Gasteiger partial charge on any atom is 0.235 e. The molecule has 1 aromatic rings. The summed E-state index contributed by atoms with van der Waals surface area (Å²) >= 11 is 0. The molecule has 0 spiro atoms. The summed E-state index contributed by atoms with van der Waals surface area (Å²) in [6.45, 7) is 3.78. The van der Waals surface area contributed by atoms with Gasteiger partial charge >= 0.3 is 0 Å². The van der Waals surface area contributed by atoms with Crippen molar-refractivity contribution in [2.45, 2.75) is 39.2 Å². The lowest BCUT2D eigenvalue weighted by atomic mass is 9.99. The minimum Gasteiger partial charge on any atom is -0.398 e. The van der Waals surface area contributed by atoms with Crippen LogP contribution in [0.5, 0.6) is 0 Å². The number of hydrogen-bond acceptors (Lipinski definition) is 5. The van der Waals surface area contributed by atoms with E-state index in [0.717, 1.165) is 24.1 Å². The normalized spacial score (nSPS) is 13.7. The van der Waals surface area contributed by atoms with E-state index < -0.39 is 15.9 Å². The maximum atomic E-state index is 12.5. The topological polar surface area (TPSA) is 122 Å². The molecule has 0 aliphatic carbocycles. The van der Waals surface area contributed by atoms with Crippen molar-refractivity contribution in [1.82, 2.24) is 10.0 Å². The molecule has 0 bridgehead atoms. The van der Waals surface area contributed by atoms with Crippen molar-refractivity contribution in [3.8, 4) is 0 Å². The monoisotopic (exact) mass is 418 g/mol. The Kier molecular flexibility index (Phi) is 8.52. The Morgan fingerprint density at radius 3 is 2.67 bits per heavy atom. The second-order valence-electron chi connectivity index (χ2n) is 6.61. The van der Waals surface area contributed by atoms with Crippen LogP contribution >= 0.6 is 12.4 Å². The highest BCUT2D eigenvalue weighted by Crippen LogP contribution is 2.31. The average molecular weight is 419 g/mol. The molecular formula is C17H27ClN4O4S. The van der Waals surface area contributed by atoms with Crippen LogP contribution in [0.3, 0.4) is 0 Å². The summed E-state index contributed by atoms with van der Waals surface area (Å²) in [5.74, 6) is -1.04. The van der Waals surface area contributed by atoms with Gasteiger partial charge in [-0.1, -0.05) is 6.07 Å². The Bertz CT molecular complexity index is 783. The highest BCUT2D eigenvalue weighted by atomic mass is 35.5. The molecule has 1 aliphatic rings. The number of nitrogens with two attached hydrogens (primary N) is 1. The van der Waals surface area contributed by atoms with E-state index in [-0.39, 0.29) is 43.1 Å². The molecule has 0 unspecified atom stereocenters. The van der Waals surface area contributed by atoms with Gasteiger partial charge in [0.2, 0.25) is 21.8 Å². The summed E-state index contributed by atoms with van der Waals surface area (Å²) in [6.07, 6.45) is 1.43. The molecule has 2 rings (SSSR count). The lowest BCUT2D eigenvalue weighted by Gasteiger charge is -2.30. The molecule has 27 heavy (non-hydrogen) atoms. The molecule has 1 heterocycles. The maximum absolute atomic E-state index is 12.5. The number of rotatable bonds is 7. The number of nitrogens with zero attached hydrogens (tertiary/aromatic N) is 1. The van der Waals surface area contributed by atoms with Gasteiger partial charge in [-0.3, -0.25) is 9.59 Å². The number of carbonyl (C=O) groups is 2. The molecule has 0 aromatic heterocycles. The highest BCUT2D eigenvalue weighted by Gasteiger charge is 2.25. The van der Waals surface area contributed by atoms with Crippen molar-refractivity contribution >= 4 is 45.6 Å². The lowest BCUT2D eigenvalue weighted by Crippen LogP contribution is -2.41. The van der Waals surface area contributed by atoms with Crippen molar-refractivity contribution in [3.05, 3.63) is 23.8 Å². The minimum absolute atomic E-state index is 0. The van der Waals surface area contributed by atoms with Gasteiger partial charge in [0.05, 0.1) is 12.3 Å². The van der Waals surface area contributed by atoms with Gasteiger partial charge in [-0.2, -0.15) is 0 Å². The van der Waals surface area contributed by atoms with Crippen molar-refractivity contribution < 1.29 is 18.0 Å². The van der Waals surface area contributed by atoms with Gasteiger partial charge in [0.15, 0.2) is 0 Å². The van der Waals surface area contributed by atoms with E-state index >= 15 is 0 Å². The van der Waals surface area contributed by atoms with E-state index in [1.54, 1.807) is 30.9 Å². The lowest BCUT2D eigenvalue weighted by molar-refractivity contribution is -0.120. The summed E-state index contributed by atoms with van der Waals surface area (Å²) in [5, 5.41) is 2.60. The number of fused-ring (bicyclic) bond motifs is 1. The van der Waals surface area contributed by atoms with E-state index in [0.29, 0.717) is 12.2 Å². The van der Waals surface area contributed by atoms with Crippen LogP contribution in [-0.4, -0.2) is 45.1 Å². The van der Waals surface area contributed by atoms with Gasteiger partial charge < -0.3 is 16.0 Å². The van der Waals surface area contributed by atoms with Crippen molar-refractivity contribution in [1.29, 1.82) is 0 Å². The summed E-state index contributed by atoms with van der Waals surface area (Å²) in [4.78, 5) is 25.6. The van der Waals surface area contributed by atoms with Gasteiger partial charge in [-0.15, -0.1) is 12.4 Å². The number of anilines is 2. The van der Waals surface area contributed by atoms with Gasteiger partial charge in [-0.05, 0) is 44.4 Å². The molecule has 0 saturated carbocycles. The standard InChI is InChI=1S/C17H26N4O4S.ClH/c1-12(2)20-16(22)11-19-26(24,25)10-8-17(23)21-9-4-5-13-14(18)6-3-7-15(13)21;/h3,6-7,12,19H,4-5,8-11,18H2,1-2H3,(H,20,22);1H. The van der Waals surface area contributed by atoms with Gasteiger partial charge in [0, 0.05) is 30.4 Å². The zero-order valence-corrected chi connectivity index (χ0v) is 17.2. The van der Waals surface area contributed by atoms with Crippen LogP contribution < -0.4 is 20.7 Å². The predicted molar refractivity (Wildman–Crippen MR) is 108 cm³/mol. The fourth-order valence-corrected chi connectivity index (χ4v) is 3.83. The van der Waals surface area contributed by atoms with Crippen LogP contribution in [0.4, 0.5) is 11.4 Å². The smallest absolute Gasteiger partial charge is 0.235 e. The number of halogens is 1. The summed E-state index contributed by atoms with van der Waals surface area (Å²) in [5.41, 5.74) is 8.29. The molecule has 1 aliphatic heterocycles. The Morgan fingerprint density at radius 1 is 1.30 bits per heavy atom. The largest absolute Gasteiger partial charge is 0.398 e. The van der Waals surface area contributed by atoms with E-state index in [1.165, 1.54) is 0 Å². The van der Waals surface area contributed by atoms with Gasteiger partial charge in [0.25, 0.3) is 0 Å². The first-order chi connectivity index (χ1) is 12.2. The molecule has 0 radical (unpaired) electrons. The van der Waals surface area contributed by atoms with Gasteiger partial charge in [0.1, 0.15) is 0 Å². The van der Waals surface area contributed by atoms with Crippen LogP contribution in [0.1, 0.15) is 32.3 Å². The summed E-state index contributed by atoms with van der Waals surface area (Å²) in [7, 11) is -3.71. The third-order valence-corrected chi connectivity index (χ3v) is 5.40. The van der Waals surface area contributed by atoms with Crippen LogP contribution in [-0.2, 0) is 26.0 Å². The number of nitrogens with one attached hydrogen (secondary N) is 2. The first kappa shape index (κ1) is 23.2. The molecule has 8 nitrogen and oxygen atoms in total. The first-order valence-electron chi connectivity index (χ1n) is 8.64. The van der Waals surface area contributed by atoms with Gasteiger partial charge in [-0.25, -0.2) is 13.1 Å². The molecule has 10 heteroatoms. The average Bonchev–Trinajstić information content (AvgIpc) is 2.57. The zero-order valence-electron chi connectivity index (χ0n) is 15.5. The Balaban J connectivity index is 0.00000364. The summed E-state index contributed by atoms with van der Waals surface area (Å²) in [6, 6.07) is 5.33. The zero-order chi connectivity index (χ0) is 19.3. The van der Waals surface area contributed by atoms with Crippen LogP contribution in [0.2, 0.25) is 0 Å². The van der Waals surface area contributed by atoms with Crippen molar-refractivity contribution in [2.24, 2.45) is 0 Å². The quantitative estimate of drug-likeness (QED) is 0.565. The van der Waals surface area contributed by atoms with E-state index in [9.17, 15) is 18.0 Å². The van der Waals surface area contributed by atoms with E-state index in [2.05, 4.69) is 10.0 Å². The fraction of sp³-hybridized carbons (Fsp3) is 0.529. The molecule has 0 fully saturated rings. The van der Waals surface area contributed by atoms with Crippen LogP contribution in [0.25, 0.3) is 0 Å². The van der Waals surface area contributed by atoms with Crippen LogP contribution in [0.15, 0.2) is 18.2 Å². The Hall–Kier alpha value is -1.84. The number of nitrogen functional groups attached to an aromatic ring is 1. The minimum atomic E-state index is -3.71. The molecule has 4 N–H and O–H groups in total. The highest BCUT2D eigenvalue weighted by molar-refractivity contribution is 7.89. The molecular weight excluding hydrogens is 392 g/mol. The number of benzene rings is 1. The predicted octanol–water partition coefficient (Wildman–Crippen LogP) is 0.804. The summed E-state index contributed by atoms with van der Waals surface area (Å²) < 4.78 is 26.3. The van der Waals surface area contributed by atoms with E-state index in [4.69, 9.17) is 5.73 Å². The third-order valence-electron chi connectivity index (χ3n) is 4.07. The van der Waals surface area contributed by atoms with E-state index in [1.807, 2.05) is 6.07 Å². The molecule has 0 atom stereocenters. The number of sulfonamides is 1. The third kappa shape index (κ3) is 6.67. The molecule has 1 aromatic carbocycles. The fourth-order valence-electron chi connectivity index (χ4n) is 2.89. The Labute approximate surface area is 166 Å². The van der Waals surface area contributed by atoms with Crippen LogP contribution in [0, 0.1) is 0 Å². The number of amides is 2. The first-order valence-corrected chi connectivity index (χ1v) is 10.3. The van der Waals surface area contributed by atoms with Crippen molar-refractivity contribution in [2.75, 3.05) is 29.5 Å². The molecule has 2 amide bonds. The number of hydrogen-bond donors (Lipinski definition) is 3. The van der Waals surface area contributed by atoms with Crippen molar-refractivity contribution in [3.63, 3.8) is 0 Å². The SMILES string of the molecule is CC(C)NC(=O)CNS(=O)(=O)CCC(=O)N1CCCc2c(N)cccc21.Cl. The second kappa shape index (κ2) is 9.91. The second-order valence-corrected chi connectivity index (χ2v) is 8.53.